The van der Waals surface area contributed by atoms with E-state index in [2.05, 4.69) is 20.9 Å². The first-order valence-electron chi connectivity index (χ1n) is 11.0. The lowest BCUT2D eigenvalue weighted by atomic mass is 10.0. The molecule has 0 bridgehead atoms. The molecule has 13 heteroatoms. The summed E-state index contributed by atoms with van der Waals surface area (Å²) in [7, 11) is 0. The van der Waals surface area contributed by atoms with Crippen molar-refractivity contribution in [1.82, 2.24) is 15.0 Å². The average Bonchev–Trinajstić information content (AvgIpc) is 3.42. The van der Waals surface area contributed by atoms with Gasteiger partial charge in [-0.3, -0.25) is 0 Å². The summed E-state index contributed by atoms with van der Waals surface area (Å²) in [4.78, 5) is 12.2. The summed E-state index contributed by atoms with van der Waals surface area (Å²) in [5.41, 5.74) is 0.278. The number of alkyl halides is 3. The number of nitrogens with one attached hydrogen (secondary N) is 2. The zero-order valence-corrected chi connectivity index (χ0v) is 18.8. The maximum atomic E-state index is 13.1. The molecule has 1 aromatic heterocycles. The van der Waals surface area contributed by atoms with E-state index in [4.69, 9.17) is 4.74 Å². The quantitative estimate of drug-likeness (QED) is 0.331. The maximum Gasteiger partial charge on any atom is 0.418 e. The van der Waals surface area contributed by atoms with Gasteiger partial charge < -0.3 is 30.7 Å². The van der Waals surface area contributed by atoms with Gasteiger partial charge in [-0.05, 0) is 49.2 Å². The number of ether oxygens (including phenoxy) is 1. The molecule has 10 nitrogen and oxygen atoms in total. The summed E-state index contributed by atoms with van der Waals surface area (Å²) in [5, 5.41) is 41.8. The number of anilines is 2. The molecule has 0 saturated carbocycles. The summed E-state index contributed by atoms with van der Waals surface area (Å²) in [6.07, 6.45) is -5.87. The van der Waals surface area contributed by atoms with E-state index in [-0.39, 0.29) is 5.69 Å². The molecule has 2 amide bonds. The highest BCUT2D eigenvalue weighted by Crippen LogP contribution is 2.34. The van der Waals surface area contributed by atoms with E-state index >= 15 is 0 Å². The zero-order chi connectivity index (χ0) is 25.9. The van der Waals surface area contributed by atoms with Crippen molar-refractivity contribution >= 4 is 17.4 Å². The van der Waals surface area contributed by atoms with E-state index in [1.807, 2.05) is 0 Å². The Balaban J connectivity index is 1.33. The Kier molecular flexibility index (Phi) is 7.54. The van der Waals surface area contributed by atoms with Gasteiger partial charge in [0.1, 0.15) is 18.3 Å². The second kappa shape index (κ2) is 10.6. The number of rotatable bonds is 7. The van der Waals surface area contributed by atoms with Crippen LogP contribution in [0, 0.1) is 0 Å². The fourth-order valence-electron chi connectivity index (χ4n) is 3.87. The van der Waals surface area contributed by atoms with Crippen LogP contribution < -0.4 is 10.6 Å². The van der Waals surface area contributed by atoms with Gasteiger partial charge in [-0.2, -0.15) is 13.2 Å². The average molecular weight is 507 g/mol. The summed E-state index contributed by atoms with van der Waals surface area (Å²) in [6.45, 7) is -0.391. The van der Waals surface area contributed by atoms with Gasteiger partial charge in [-0.15, -0.1) is 5.10 Å². The van der Waals surface area contributed by atoms with Gasteiger partial charge in [0.05, 0.1) is 41.5 Å². The topological polar surface area (TPSA) is 142 Å². The van der Waals surface area contributed by atoms with E-state index in [1.165, 1.54) is 22.9 Å². The lowest BCUT2D eigenvalue weighted by Crippen LogP contribution is -2.33. The van der Waals surface area contributed by atoms with Crippen LogP contribution in [0.3, 0.4) is 0 Å². The van der Waals surface area contributed by atoms with E-state index in [0.29, 0.717) is 29.9 Å². The number of benzene rings is 2. The molecule has 1 aliphatic heterocycles. The van der Waals surface area contributed by atoms with Crippen molar-refractivity contribution in [3.63, 3.8) is 0 Å². The molecule has 192 valence electrons. The molecule has 2 heterocycles. The minimum absolute atomic E-state index is 0.352. The SMILES string of the molecule is O=C(Nc1ccc(-n2cc(CCC3OC(CO)C(O)C3O)nn2)cc1)Nc1ccccc1C(F)(F)F. The molecule has 36 heavy (non-hydrogen) atoms. The molecule has 0 radical (unpaired) electrons. The number of urea groups is 1. The number of carbonyl (C=O) groups excluding carboxylic acids is 1. The van der Waals surface area contributed by atoms with Crippen molar-refractivity contribution in [1.29, 1.82) is 0 Å². The van der Waals surface area contributed by atoms with E-state index in [0.717, 1.165) is 6.07 Å². The van der Waals surface area contributed by atoms with Crippen molar-refractivity contribution in [3.05, 3.63) is 66.0 Å². The summed E-state index contributed by atoms with van der Waals surface area (Å²) in [5.74, 6) is 0. The monoisotopic (exact) mass is 507 g/mol. The van der Waals surface area contributed by atoms with Crippen LogP contribution in [0.25, 0.3) is 5.69 Å². The number of amides is 2. The van der Waals surface area contributed by atoms with E-state index < -0.39 is 48.8 Å². The van der Waals surface area contributed by atoms with Crippen LogP contribution in [0.1, 0.15) is 17.7 Å². The van der Waals surface area contributed by atoms with Gasteiger partial charge in [0.15, 0.2) is 0 Å². The third-order valence-corrected chi connectivity index (χ3v) is 5.74. The molecule has 1 fully saturated rings. The number of aryl methyl sites for hydroxylation is 1. The van der Waals surface area contributed by atoms with Gasteiger partial charge >= 0.3 is 12.2 Å². The Bertz CT molecular complexity index is 1190. The van der Waals surface area contributed by atoms with Gasteiger partial charge in [-0.25, -0.2) is 9.48 Å². The van der Waals surface area contributed by atoms with Crippen molar-refractivity contribution in [2.75, 3.05) is 17.2 Å². The minimum atomic E-state index is -4.60. The predicted octanol–water partition coefficient (Wildman–Crippen LogP) is 2.34. The molecule has 4 rings (SSSR count). The fourth-order valence-corrected chi connectivity index (χ4v) is 3.87. The summed E-state index contributed by atoms with van der Waals surface area (Å²) in [6, 6.07) is 10.3. The number of aliphatic hydroxyl groups is 3. The summed E-state index contributed by atoms with van der Waals surface area (Å²) < 4.78 is 46.3. The minimum Gasteiger partial charge on any atom is -0.394 e. The first-order chi connectivity index (χ1) is 17.2. The van der Waals surface area contributed by atoms with Crippen LogP contribution >= 0.6 is 0 Å². The lowest BCUT2D eigenvalue weighted by molar-refractivity contribution is -0.136. The predicted molar refractivity (Wildman–Crippen MR) is 122 cm³/mol. The van der Waals surface area contributed by atoms with Crippen LogP contribution in [0.4, 0.5) is 29.3 Å². The molecule has 4 atom stereocenters. The smallest absolute Gasteiger partial charge is 0.394 e. The van der Waals surface area contributed by atoms with Crippen LogP contribution in [-0.4, -0.2) is 67.4 Å². The number of hydrogen-bond acceptors (Lipinski definition) is 7. The van der Waals surface area contributed by atoms with E-state index in [9.17, 15) is 33.3 Å². The first-order valence-corrected chi connectivity index (χ1v) is 11.0. The summed E-state index contributed by atoms with van der Waals surface area (Å²) >= 11 is 0. The molecule has 4 unspecified atom stereocenters. The highest BCUT2D eigenvalue weighted by Gasteiger charge is 2.41. The number of nitrogens with zero attached hydrogens (tertiary/aromatic N) is 3. The fraction of sp³-hybridized carbons (Fsp3) is 0.348. The Morgan fingerprint density at radius 2 is 1.72 bits per heavy atom. The Labute approximate surface area is 203 Å². The molecule has 3 aromatic rings. The molecule has 5 N–H and O–H groups in total. The van der Waals surface area contributed by atoms with Crippen LogP contribution in [-0.2, 0) is 17.3 Å². The third kappa shape index (κ3) is 5.82. The van der Waals surface area contributed by atoms with Gasteiger partial charge in [0, 0.05) is 5.69 Å². The van der Waals surface area contributed by atoms with Crippen molar-refractivity contribution in [2.24, 2.45) is 0 Å². The standard InChI is InChI=1S/C23H24F3N5O5/c24-23(25,26)16-3-1-2-4-17(16)28-22(35)27-13-5-8-15(9-6-13)31-11-14(29-30-31)7-10-18-20(33)21(34)19(12-32)36-18/h1-6,8-9,11,18-21,32-34H,7,10,12H2,(H2,27,28,35). The third-order valence-electron chi connectivity index (χ3n) is 5.74. The molecular weight excluding hydrogens is 483 g/mol. The zero-order valence-electron chi connectivity index (χ0n) is 18.8. The Morgan fingerprint density at radius 1 is 1.03 bits per heavy atom. The van der Waals surface area contributed by atoms with Gasteiger partial charge in [0.2, 0.25) is 0 Å². The van der Waals surface area contributed by atoms with Crippen molar-refractivity contribution < 1.29 is 38.0 Å². The van der Waals surface area contributed by atoms with Crippen LogP contribution in [0.2, 0.25) is 0 Å². The number of aromatic nitrogens is 3. The highest BCUT2D eigenvalue weighted by atomic mass is 19.4. The van der Waals surface area contributed by atoms with Gasteiger partial charge in [0.25, 0.3) is 0 Å². The second-order valence-electron chi connectivity index (χ2n) is 8.24. The van der Waals surface area contributed by atoms with Crippen molar-refractivity contribution in [3.8, 4) is 5.69 Å². The maximum absolute atomic E-state index is 13.1. The number of aliphatic hydroxyl groups excluding tert-OH is 3. The number of hydrogen-bond donors (Lipinski definition) is 5. The van der Waals surface area contributed by atoms with E-state index in [1.54, 1.807) is 30.5 Å². The molecule has 0 aliphatic carbocycles. The number of halogens is 3. The Hall–Kier alpha value is -3.52. The van der Waals surface area contributed by atoms with Crippen LogP contribution in [0.5, 0.6) is 0 Å². The normalized spacial score (nSPS) is 21.9. The lowest BCUT2D eigenvalue weighted by Gasteiger charge is -2.14. The van der Waals surface area contributed by atoms with Gasteiger partial charge in [-0.1, -0.05) is 17.3 Å². The largest absolute Gasteiger partial charge is 0.418 e. The molecule has 0 spiro atoms. The molecule has 2 aromatic carbocycles. The van der Waals surface area contributed by atoms with Crippen LogP contribution in [0.15, 0.2) is 54.7 Å². The number of carbonyl (C=O) groups is 1. The molecule has 1 aliphatic rings. The Morgan fingerprint density at radius 3 is 2.39 bits per heavy atom. The number of para-hydroxylation sites is 1. The first kappa shape index (κ1) is 25.6. The molecular formula is C23H24F3N5O5. The molecule has 1 saturated heterocycles. The van der Waals surface area contributed by atoms with Crippen molar-refractivity contribution in [2.45, 2.75) is 43.4 Å². The highest BCUT2D eigenvalue weighted by molar-refractivity contribution is 6.00. The second-order valence-corrected chi connectivity index (χ2v) is 8.24.